The molecule has 20 heavy (non-hydrogen) atoms. The first-order valence-electron chi connectivity index (χ1n) is 6.81. The summed E-state index contributed by atoms with van der Waals surface area (Å²) in [5.74, 6) is 0.198. The number of benzene rings is 1. The van der Waals surface area contributed by atoms with E-state index in [4.69, 9.17) is 0 Å². The van der Waals surface area contributed by atoms with Crippen LogP contribution in [0, 0.1) is 5.41 Å². The van der Waals surface area contributed by atoms with Gasteiger partial charge in [-0.05, 0) is 37.1 Å². The summed E-state index contributed by atoms with van der Waals surface area (Å²) in [6.45, 7) is 7.85. The van der Waals surface area contributed by atoms with E-state index in [0.717, 1.165) is 17.7 Å². The van der Waals surface area contributed by atoms with Gasteiger partial charge in [-0.15, -0.1) is 0 Å². The zero-order valence-corrected chi connectivity index (χ0v) is 14.0. The topological polar surface area (TPSA) is 37.4 Å². The Hall–Kier alpha value is -1.16. The Kier molecular flexibility index (Phi) is 4.05. The molecule has 1 amide bonds. The minimum Gasteiger partial charge on any atom is -0.309 e. The normalized spacial score (nSPS) is 18.1. The van der Waals surface area contributed by atoms with Gasteiger partial charge >= 0.3 is 0 Å². The number of Topliss-reactive ketones (excluding diaryl/α,β-unsaturated/α-hetero) is 1. The van der Waals surface area contributed by atoms with E-state index in [1.165, 1.54) is 0 Å². The Morgan fingerprint density at radius 2 is 2.00 bits per heavy atom. The largest absolute Gasteiger partial charge is 0.309 e. The van der Waals surface area contributed by atoms with E-state index in [1.807, 2.05) is 43.9 Å². The zero-order valence-electron chi connectivity index (χ0n) is 12.4. The van der Waals surface area contributed by atoms with Gasteiger partial charge in [0.05, 0.1) is 5.33 Å². The predicted molar refractivity (Wildman–Crippen MR) is 84.7 cm³/mol. The van der Waals surface area contributed by atoms with Gasteiger partial charge in [-0.2, -0.15) is 0 Å². The lowest BCUT2D eigenvalue weighted by Crippen LogP contribution is -2.42. The Morgan fingerprint density at radius 3 is 2.55 bits per heavy atom. The number of fused-ring (bicyclic) bond motifs is 1. The second kappa shape index (κ2) is 5.32. The van der Waals surface area contributed by atoms with Crippen LogP contribution in [0.5, 0.6) is 0 Å². The van der Waals surface area contributed by atoms with Crippen LogP contribution < -0.4 is 4.90 Å². The molecule has 0 N–H and O–H groups in total. The molecular formula is C16H20BrNO2. The van der Waals surface area contributed by atoms with Crippen molar-refractivity contribution in [3.63, 3.8) is 0 Å². The Bertz CT molecular complexity index is 560. The lowest BCUT2D eigenvalue weighted by Gasteiger charge is -2.29. The second-order valence-corrected chi connectivity index (χ2v) is 6.94. The van der Waals surface area contributed by atoms with Crippen LogP contribution in [-0.4, -0.2) is 23.1 Å². The quantitative estimate of drug-likeness (QED) is 0.610. The van der Waals surface area contributed by atoms with E-state index in [0.29, 0.717) is 10.9 Å². The van der Waals surface area contributed by atoms with Crippen molar-refractivity contribution < 1.29 is 9.59 Å². The summed E-state index contributed by atoms with van der Waals surface area (Å²) in [6.07, 6.45) is 0.806. The molecule has 1 unspecified atom stereocenters. The van der Waals surface area contributed by atoms with Crippen LogP contribution in [0.4, 0.5) is 5.69 Å². The van der Waals surface area contributed by atoms with Crippen LogP contribution in [0.2, 0.25) is 0 Å². The predicted octanol–water partition coefficient (Wildman–Crippen LogP) is 3.59. The molecule has 1 aliphatic heterocycles. The highest BCUT2D eigenvalue weighted by Gasteiger charge is 2.36. The monoisotopic (exact) mass is 337 g/mol. The molecule has 4 heteroatoms. The molecular weight excluding hydrogens is 318 g/mol. The third-order valence-corrected chi connectivity index (χ3v) is 4.11. The summed E-state index contributed by atoms with van der Waals surface area (Å²) in [4.78, 5) is 26.2. The lowest BCUT2D eigenvalue weighted by atomic mass is 9.94. The molecule has 1 atom stereocenters. The van der Waals surface area contributed by atoms with Crippen molar-refractivity contribution in [3.8, 4) is 0 Å². The maximum Gasteiger partial charge on any atom is 0.232 e. The maximum absolute atomic E-state index is 12.6. The van der Waals surface area contributed by atoms with Gasteiger partial charge in [-0.1, -0.05) is 36.7 Å². The highest BCUT2D eigenvalue weighted by molar-refractivity contribution is 9.09. The summed E-state index contributed by atoms with van der Waals surface area (Å²) < 4.78 is 0. The fraction of sp³-hybridized carbons (Fsp3) is 0.500. The molecule has 0 aromatic heterocycles. The molecule has 108 valence electrons. The molecule has 3 nitrogen and oxygen atoms in total. The van der Waals surface area contributed by atoms with Crippen LogP contribution in [-0.2, 0) is 11.2 Å². The van der Waals surface area contributed by atoms with Crippen molar-refractivity contribution in [2.24, 2.45) is 5.41 Å². The maximum atomic E-state index is 12.6. The van der Waals surface area contributed by atoms with Gasteiger partial charge < -0.3 is 4.90 Å². The average molecular weight is 338 g/mol. The van der Waals surface area contributed by atoms with Gasteiger partial charge in [0, 0.05) is 22.7 Å². The molecule has 1 heterocycles. The Morgan fingerprint density at radius 1 is 1.35 bits per heavy atom. The summed E-state index contributed by atoms with van der Waals surface area (Å²) in [5, 5.41) is 0.325. The molecule has 0 saturated carbocycles. The minimum absolute atomic E-state index is 0.0704. The van der Waals surface area contributed by atoms with Crippen LogP contribution >= 0.6 is 15.9 Å². The van der Waals surface area contributed by atoms with E-state index < -0.39 is 5.41 Å². The summed E-state index contributed by atoms with van der Waals surface area (Å²) in [5.41, 5.74) is 2.34. The lowest BCUT2D eigenvalue weighted by molar-refractivity contribution is -0.126. The fourth-order valence-corrected chi connectivity index (χ4v) is 2.88. The van der Waals surface area contributed by atoms with Crippen LogP contribution in [0.15, 0.2) is 18.2 Å². The third-order valence-electron chi connectivity index (χ3n) is 3.60. The number of ketones is 1. The van der Waals surface area contributed by atoms with E-state index in [9.17, 15) is 9.59 Å². The number of carbonyl (C=O) groups is 2. The average Bonchev–Trinajstić information content (AvgIpc) is 2.70. The summed E-state index contributed by atoms with van der Waals surface area (Å²) >= 11 is 3.19. The number of carbonyl (C=O) groups excluding carboxylic acids is 2. The van der Waals surface area contributed by atoms with Crippen LogP contribution in [0.1, 0.15) is 43.6 Å². The summed E-state index contributed by atoms with van der Waals surface area (Å²) in [6, 6.07) is 5.78. The van der Waals surface area contributed by atoms with E-state index >= 15 is 0 Å². The molecule has 0 radical (unpaired) electrons. The summed E-state index contributed by atoms with van der Waals surface area (Å²) in [7, 11) is 0. The van der Waals surface area contributed by atoms with Gasteiger partial charge in [0.2, 0.25) is 5.91 Å². The number of rotatable bonds is 2. The molecule has 1 aromatic carbocycles. The third kappa shape index (κ3) is 2.66. The van der Waals surface area contributed by atoms with Crippen molar-refractivity contribution in [3.05, 3.63) is 29.3 Å². The number of amides is 1. The number of hydrogen-bond acceptors (Lipinski definition) is 2. The van der Waals surface area contributed by atoms with Crippen molar-refractivity contribution >= 4 is 33.3 Å². The van der Waals surface area contributed by atoms with Crippen LogP contribution in [0.25, 0.3) is 0 Å². The van der Waals surface area contributed by atoms with Gasteiger partial charge in [0.25, 0.3) is 0 Å². The van der Waals surface area contributed by atoms with E-state index in [1.54, 1.807) is 0 Å². The fourth-order valence-electron chi connectivity index (χ4n) is 2.55. The highest BCUT2D eigenvalue weighted by Crippen LogP contribution is 2.36. The van der Waals surface area contributed by atoms with Crippen molar-refractivity contribution in [1.29, 1.82) is 0 Å². The first-order valence-corrected chi connectivity index (χ1v) is 7.93. The van der Waals surface area contributed by atoms with Crippen molar-refractivity contribution in [1.82, 2.24) is 0 Å². The molecule has 0 saturated heterocycles. The standard InChI is InChI=1S/C16H20BrNO2/c1-10-7-12-8-11(14(19)9-17)5-6-13(12)18(10)15(20)16(2,3)4/h5-6,8,10H,7,9H2,1-4H3. The van der Waals surface area contributed by atoms with Gasteiger partial charge in [-0.25, -0.2) is 0 Å². The van der Waals surface area contributed by atoms with Gasteiger partial charge in [0.1, 0.15) is 0 Å². The number of anilines is 1. The van der Waals surface area contributed by atoms with E-state index in [2.05, 4.69) is 22.9 Å². The van der Waals surface area contributed by atoms with Gasteiger partial charge in [-0.3, -0.25) is 9.59 Å². The smallest absolute Gasteiger partial charge is 0.232 e. The first kappa shape index (κ1) is 15.2. The number of halogens is 1. The first-order chi connectivity index (χ1) is 9.25. The molecule has 0 fully saturated rings. The van der Waals surface area contributed by atoms with Crippen molar-refractivity contribution in [2.75, 3.05) is 10.2 Å². The zero-order chi connectivity index (χ0) is 15.1. The van der Waals surface area contributed by atoms with E-state index in [-0.39, 0.29) is 17.7 Å². The molecule has 0 aliphatic carbocycles. The molecule has 0 spiro atoms. The van der Waals surface area contributed by atoms with Gasteiger partial charge in [0.15, 0.2) is 5.78 Å². The number of nitrogens with zero attached hydrogens (tertiary/aromatic N) is 1. The Balaban J connectivity index is 2.40. The number of alkyl halides is 1. The Labute approximate surface area is 128 Å². The van der Waals surface area contributed by atoms with Crippen LogP contribution in [0.3, 0.4) is 0 Å². The minimum atomic E-state index is -0.403. The molecule has 0 bridgehead atoms. The molecule has 1 aliphatic rings. The van der Waals surface area contributed by atoms with Crippen molar-refractivity contribution in [2.45, 2.75) is 40.2 Å². The number of hydrogen-bond donors (Lipinski definition) is 0. The highest BCUT2D eigenvalue weighted by atomic mass is 79.9. The molecule has 2 rings (SSSR count). The molecule has 1 aromatic rings. The SMILES string of the molecule is CC1Cc2cc(C(=O)CBr)ccc2N1C(=O)C(C)(C)C. The second-order valence-electron chi connectivity index (χ2n) is 6.38.